The van der Waals surface area contributed by atoms with Crippen LogP contribution in [0.4, 0.5) is 4.39 Å². The number of cyclic esters (lactones) is 1. The first kappa shape index (κ1) is 19.1. The van der Waals surface area contributed by atoms with E-state index in [0.29, 0.717) is 23.0 Å². The van der Waals surface area contributed by atoms with Crippen LogP contribution in [0.5, 0.6) is 5.75 Å². The quantitative estimate of drug-likeness (QED) is 0.519. The van der Waals surface area contributed by atoms with Gasteiger partial charge in [0.1, 0.15) is 17.1 Å². The highest BCUT2D eigenvalue weighted by atomic mass is 19.1. The summed E-state index contributed by atoms with van der Waals surface area (Å²) in [7, 11) is -0.260. The Kier molecular flexibility index (Phi) is 3.57. The number of fused-ring (bicyclic) bond motifs is 1. The van der Waals surface area contributed by atoms with E-state index in [1.165, 1.54) is 12.5 Å². The van der Waals surface area contributed by atoms with Crippen molar-refractivity contribution >= 4 is 13.1 Å². The van der Waals surface area contributed by atoms with Crippen molar-refractivity contribution in [1.82, 2.24) is 0 Å². The zero-order chi connectivity index (χ0) is 21.2. The Bertz CT molecular complexity index is 961. The average Bonchev–Trinajstić information content (AvgIpc) is 3.33. The van der Waals surface area contributed by atoms with Gasteiger partial charge in [-0.25, -0.2) is 9.18 Å². The lowest BCUT2D eigenvalue weighted by atomic mass is 9.43. The predicted molar refractivity (Wildman–Crippen MR) is 108 cm³/mol. The van der Waals surface area contributed by atoms with Crippen molar-refractivity contribution in [3.63, 3.8) is 0 Å². The summed E-state index contributed by atoms with van der Waals surface area (Å²) >= 11 is 0. The number of benzene rings is 1. The van der Waals surface area contributed by atoms with Gasteiger partial charge in [-0.3, -0.25) is 0 Å². The first-order valence-corrected chi connectivity index (χ1v) is 11.1. The lowest BCUT2D eigenvalue weighted by Gasteiger charge is -2.64. The molecule has 2 bridgehead atoms. The Morgan fingerprint density at radius 1 is 1.07 bits per heavy atom. The molecule has 0 amide bonds. The number of halogens is 1. The molecule has 0 radical (unpaired) electrons. The van der Waals surface area contributed by atoms with Gasteiger partial charge in [0, 0.05) is 19.7 Å². The lowest BCUT2D eigenvalue weighted by molar-refractivity contribution is -0.199. The highest BCUT2D eigenvalue weighted by Crippen LogP contribution is 2.68. The molecule has 4 aliphatic carbocycles. The molecular weight excluding hydrogens is 386 g/mol. The highest BCUT2D eigenvalue weighted by molar-refractivity contribution is 6.49. The van der Waals surface area contributed by atoms with E-state index in [-0.39, 0.29) is 36.1 Å². The lowest BCUT2D eigenvalue weighted by Crippen LogP contribution is -2.65. The van der Waals surface area contributed by atoms with Crippen LogP contribution in [0.25, 0.3) is 0 Å². The summed E-state index contributed by atoms with van der Waals surface area (Å²) in [4.78, 5) is 12.4. The summed E-state index contributed by atoms with van der Waals surface area (Å²) < 4.78 is 38.6. The SMILES string of the molecule is CC1(C)OC(=O)c2c(F)ccc([C@H]3C[C@H]3B3OC4C[C@@H]5C[C@@H](C5(C)C)[C@]4(C)O3)c2O1. The van der Waals surface area contributed by atoms with Crippen molar-refractivity contribution in [1.29, 1.82) is 0 Å². The topological polar surface area (TPSA) is 54.0 Å². The van der Waals surface area contributed by atoms with E-state index in [4.69, 9.17) is 18.8 Å². The molecule has 1 saturated heterocycles. The summed E-state index contributed by atoms with van der Waals surface area (Å²) in [5, 5.41) is 0. The minimum atomic E-state index is -1.12. The molecule has 0 aromatic heterocycles. The standard InChI is InChI=1S/C23H28BFO5/c1-21(2)11-8-16(21)23(5)17(9-11)29-24(30-23)14-10-13(14)12-6-7-15(25)18-19(12)27-22(3,4)28-20(18)26/h6-7,11,13-14,16-17H,8-10H2,1-5H3/t11-,13+,14+,16-,17?,23-/m0/s1. The molecule has 0 spiro atoms. The maximum atomic E-state index is 14.4. The summed E-state index contributed by atoms with van der Waals surface area (Å²) in [6, 6.07) is 3.07. The molecule has 0 N–H and O–H groups in total. The minimum absolute atomic E-state index is 0.103. The number of esters is 1. The van der Waals surface area contributed by atoms with Crippen molar-refractivity contribution in [3.05, 3.63) is 29.1 Å². The number of ether oxygens (including phenoxy) is 2. The van der Waals surface area contributed by atoms with Crippen molar-refractivity contribution < 1.29 is 28.0 Å². The normalized spacial score (nSPS) is 41.9. The number of hydrogen-bond donors (Lipinski definition) is 0. The fourth-order valence-corrected chi connectivity index (χ4v) is 6.66. The van der Waals surface area contributed by atoms with Gasteiger partial charge in [0.15, 0.2) is 0 Å². The van der Waals surface area contributed by atoms with Crippen LogP contribution in [0.2, 0.25) is 5.82 Å². The predicted octanol–water partition coefficient (Wildman–Crippen LogP) is 4.70. The number of hydrogen-bond acceptors (Lipinski definition) is 5. The molecule has 5 fully saturated rings. The van der Waals surface area contributed by atoms with E-state index in [2.05, 4.69) is 20.8 Å². The van der Waals surface area contributed by atoms with Crippen molar-refractivity contribution in [2.24, 2.45) is 17.3 Å². The van der Waals surface area contributed by atoms with Gasteiger partial charge < -0.3 is 18.8 Å². The molecule has 7 heteroatoms. The summed E-state index contributed by atoms with van der Waals surface area (Å²) in [6.07, 6.45) is 3.30. The Morgan fingerprint density at radius 3 is 2.57 bits per heavy atom. The van der Waals surface area contributed by atoms with Gasteiger partial charge in [0.05, 0.1) is 11.7 Å². The maximum absolute atomic E-state index is 14.4. The summed E-state index contributed by atoms with van der Waals surface area (Å²) in [5.41, 5.74) is 0.815. The number of rotatable bonds is 2. The van der Waals surface area contributed by atoms with E-state index in [1.54, 1.807) is 19.9 Å². The Balaban J connectivity index is 1.27. The van der Waals surface area contributed by atoms with Gasteiger partial charge in [0.2, 0.25) is 5.79 Å². The van der Waals surface area contributed by atoms with Crippen molar-refractivity contribution in [3.8, 4) is 5.75 Å². The van der Waals surface area contributed by atoms with Gasteiger partial charge in [-0.15, -0.1) is 0 Å². The third-order valence-corrected chi connectivity index (χ3v) is 8.59. The van der Waals surface area contributed by atoms with E-state index >= 15 is 0 Å². The van der Waals surface area contributed by atoms with Crippen LogP contribution in [-0.2, 0) is 14.0 Å². The first-order valence-electron chi connectivity index (χ1n) is 11.1. The van der Waals surface area contributed by atoms with Gasteiger partial charge in [-0.05, 0) is 61.0 Å². The monoisotopic (exact) mass is 414 g/mol. The zero-order valence-corrected chi connectivity index (χ0v) is 18.2. The molecule has 6 aliphatic rings. The number of carbonyl (C=O) groups is 1. The van der Waals surface area contributed by atoms with Crippen LogP contribution >= 0.6 is 0 Å². The summed E-state index contributed by atoms with van der Waals surface area (Å²) in [6.45, 7) is 10.3. The van der Waals surface area contributed by atoms with E-state index in [9.17, 15) is 9.18 Å². The largest absolute Gasteiger partial charge is 0.461 e. The van der Waals surface area contributed by atoms with Crippen LogP contribution in [0, 0.1) is 23.1 Å². The van der Waals surface area contributed by atoms with Gasteiger partial charge in [-0.1, -0.05) is 19.9 Å². The third-order valence-electron chi connectivity index (χ3n) is 8.59. The molecule has 5 nitrogen and oxygen atoms in total. The number of carbonyl (C=O) groups excluding carboxylic acids is 1. The van der Waals surface area contributed by atoms with Crippen LogP contribution in [0.1, 0.15) is 75.7 Å². The van der Waals surface area contributed by atoms with Gasteiger partial charge >= 0.3 is 13.1 Å². The fourth-order valence-electron chi connectivity index (χ4n) is 6.66. The van der Waals surface area contributed by atoms with Crippen LogP contribution < -0.4 is 4.74 Å². The van der Waals surface area contributed by atoms with E-state index in [0.717, 1.165) is 18.4 Å². The van der Waals surface area contributed by atoms with Gasteiger partial charge in [0.25, 0.3) is 0 Å². The molecular formula is C23H28BFO5. The van der Waals surface area contributed by atoms with Crippen LogP contribution in [0.3, 0.4) is 0 Å². The molecule has 160 valence electrons. The smallest absolute Gasteiger partial charge is 0.451 e. The molecule has 2 aliphatic heterocycles. The molecule has 7 rings (SSSR count). The zero-order valence-electron chi connectivity index (χ0n) is 18.2. The van der Waals surface area contributed by atoms with Crippen molar-refractivity contribution in [2.45, 2.75) is 83.1 Å². The highest BCUT2D eigenvalue weighted by Gasteiger charge is 2.70. The average molecular weight is 414 g/mol. The molecule has 1 aromatic rings. The Morgan fingerprint density at radius 2 is 1.83 bits per heavy atom. The minimum Gasteiger partial charge on any atom is -0.451 e. The molecule has 1 unspecified atom stereocenters. The van der Waals surface area contributed by atoms with E-state index < -0.39 is 17.6 Å². The first-order chi connectivity index (χ1) is 14.0. The maximum Gasteiger partial charge on any atom is 0.461 e. The summed E-state index contributed by atoms with van der Waals surface area (Å²) in [5.74, 6) is -0.547. The van der Waals surface area contributed by atoms with Crippen LogP contribution in [0.15, 0.2) is 12.1 Å². The second-order valence-electron chi connectivity index (χ2n) is 11.1. The van der Waals surface area contributed by atoms with Crippen molar-refractivity contribution in [2.75, 3.05) is 0 Å². The van der Waals surface area contributed by atoms with E-state index in [1.807, 2.05) is 0 Å². The molecule has 1 aromatic carbocycles. The second kappa shape index (κ2) is 5.60. The fraction of sp³-hybridized carbons (Fsp3) is 0.696. The molecule has 6 atom stereocenters. The third kappa shape index (κ3) is 2.39. The Labute approximate surface area is 176 Å². The van der Waals surface area contributed by atoms with Crippen LogP contribution in [-0.4, -0.2) is 30.6 Å². The molecule has 30 heavy (non-hydrogen) atoms. The molecule has 2 heterocycles. The molecule has 4 saturated carbocycles. The Hall–Kier alpha value is -1.60. The second-order valence-corrected chi connectivity index (χ2v) is 11.1. The van der Waals surface area contributed by atoms with Gasteiger partial charge in [-0.2, -0.15) is 0 Å².